The van der Waals surface area contributed by atoms with E-state index in [1.165, 1.54) is 38.5 Å². The Morgan fingerprint density at radius 3 is 2.80 bits per heavy atom. The van der Waals surface area contributed by atoms with Crippen molar-refractivity contribution >= 4 is 5.84 Å². The Morgan fingerprint density at radius 1 is 1.40 bits per heavy atom. The molecule has 0 aliphatic heterocycles. The van der Waals surface area contributed by atoms with E-state index in [0.29, 0.717) is 0 Å². The lowest BCUT2D eigenvalue weighted by atomic mass is 9.86. The first-order chi connectivity index (χ1) is 7.33. The molecule has 1 rings (SSSR count). The summed E-state index contributed by atoms with van der Waals surface area (Å²) in [6, 6.07) is 0. The van der Waals surface area contributed by atoms with E-state index >= 15 is 0 Å². The van der Waals surface area contributed by atoms with Gasteiger partial charge < -0.3 is 0 Å². The summed E-state index contributed by atoms with van der Waals surface area (Å²) in [6.45, 7) is 2.70. The number of hydrogen-bond donors (Lipinski definition) is 1. The SMILES string of the molecule is CC(=NCCCC1CCCCC1)NC#N. The quantitative estimate of drug-likeness (QED) is 0.253. The average Bonchev–Trinajstić information content (AvgIpc) is 2.26. The van der Waals surface area contributed by atoms with Gasteiger partial charge in [-0.15, -0.1) is 0 Å². The molecule has 0 bridgehead atoms. The van der Waals surface area contributed by atoms with Gasteiger partial charge in [0, 0.05) is 6.54 Å². The highest BCUT2D eigenvalue weighted by Crippen LogP contribution is 2.27. The maximum atomic E-state index is 8.36. The van der Waals surface area contributed by atoms with Gasteiger partial charge in [-0.3, -0.25) is 10.3 Å². The number of aliphatic imine (C=N–C) groups is 1. The maximum absolute atomic E-state index is 8.36. The molecule has 0 spiro atoms. The Hall–Kier alpha value is -1.04. The molecule has 0 aromatic rings. The molecule has 0 amide bonds. The molecule has 1 N–H and O–H groups in total. The fraction of sp³-hybridized carbons (Fsp3) is 0.833. The van der Waals surface area contributed by atoms with Gasteiger partial charge in [0.25, 0.3) is 0 Å². The number of rotatable bonds is 4. The zero-order chi connectivity index (χ0) is 10.9. The van der Waals surface area contributed by atoms with Gasteiger partial charge in [-0.05, 0) is 25.7 Å². The zero-order valence-electron chi connectivity index (χ0n) is 9.63. The van der Waals surface area contributed by atoms with Crippen molar-refractivity contribution < 1.29 is 0 Å². The van der Waals surface area contributed by atoms with Crippen molar-refractivity contribution in [2.24, 2.45) is 10.9 Å². The largest absolute Gasteiger partial charge is 0.281 e. The van der Waals surface area contributed by atoms with Crippen LogP contribution in [-0.4, -0.2) is 12.4 Å². The van der Waals surface area contributed by atoms with Crippen LogP contribution in [0.15, 0.2) is 4.99 Å². The Kier molecular flexibility index (Phi) is 5.84. The molecule has 1 aliphatic rings. The predicted octanol–water partition coefficient (Wildman–Crippen LogP) is 2.84. The molecule has 0 unspecified atom stereocenters. The first-order valence-corrected chi connectivity index (χ1v) is 5.99. The van der Waals surface area contributed by atoms with Crippen LogP contribution in [0.25, 0.3) is 0 Å². The standard InChI is InChI=1S/C12H21N3/c1-11(15-10-13)14-9-5-8-12-6-3-2-4-7-12/h12H,2-9H2,1H3,(H,14,15). The Labute approximate surface area is 92.6 Å². The molecule has 0 atom stereocenters. The van der Waals surface area contributed by atoms with E-state index in [-0.39, 0.29) is 0 Å². The van der Waals surface area contributed by atoms with Gasteiger partial charge >= 0.3 is 0 Å². The number of hydrogen-bond acceptors (Lipinski definition) is 2. The molecular formula is C12H21N3. The summed E-state index contributed by atoms with van der Waals surface area (Å²) >= 11 is 0. The van der Waals surface area contributed by atoms with Gasteiger partial charge in [-0.1, -0.05) is 32.1 Å². The molecule has 0 saturated heterocycles. The van der Waals surface area contributed by atoms with Gasteiger partial charge in [-0.25, -0.2) is 0 Å². The van der Waals surface area contributed by atoms with Crippen molar-refractivity contribution in [3.8, 4) is 6.19 Å². The van der Waals surface area contributed by atoms with Gasteiger partial charge in [0.15, 0.2) is 6.19 Å². The van der Waals surface area contributed by atoms with E-state index in [2.05, 4.69) is 10.3 Å². The van der Waals surface area contributed by atoms with Crippen LogP contribution in [0.5, 0.6) is 0 Å². The number of nitrogens with zero attached hydrogens (tertiary/aromatic N) is 2. The molecule has 0 aromatic carbocycles. The summed E-state index contributed by atoms with van der Waals surface area (Å²) in [5.41, 5.74) is 0. The Bertz CT molecular complexity index is 234. The van der Waals surface area contributed by atoms with Crippen LogP contribution in [-0.2, 0) is 0 Å². The lowest BCUT2D eigenvalue weighted by Gasteiger charge is -2.20. The van der Waals surface area contributed by atoms with Crippen molar-refractivity contribution in [1.29, 1.82) is 5.26 Å². The van der Waals surface area contributed by atoms with Crippen molar-refractivity contribution in [3.63, 3.8) is 0 Å². The first kappa shape index (κ1) is 12.0. The van der Waals surface area contributed by atoms with E-state index in [4.69, 9.17) is 5.26 Å². The highest BCUT2D eigenvalue weighted by atomic mass is 15.0. The fourth-order valence-electron chi connectivity index (χ4n) is 2.22. The number of nitriles is 1. The molecular weight excluding hydrogens is 186 g/mol. The second-order valence-corrected chi connectivity index (χ2v) is 4.35. The third kappa shape index (κ3) is 5.41. The molecule has 15 heavy (non-hydrogen) atoms. The molecule has 3 nitrogen and oxygen atoms in total. The summed E-state index contributed by atoms with van der Waals surface area (Å²) in [4.78, 5) is 4.28. The summed E-state index contributed by atoms with van der Waals surface area (Å²) in [6.07, 6.45) is 11.4. The second kappa shape index (κ2) is 7.28. The first-order valence-electron chi connectivity index (χ1n) is 5.99. The third-order valence-electron chi connectivity index (χ3n) is 3.08. The van der Waals surface area contributed by atoms with E-state index in [1.807, 2.05) is 13.1 Å². The zero-order valence-corrected chi connectivity index (χ0v) is 9.63. The molecule has 1 aliphatic carbocycles. The van der Waals surface area contributed by atoms with E-state index in [0.717, 1.165) is 24.7 Å². The van der Waals surface area contributed by atoms with Gasteiger partial charge in [0.05, 0.1) is 0 Å². The van der Waals surface area contributed by atoms with Crippen LogP contribution in [0, 0.1) is 17.4 Å². The predicted molar refractivity (Wildman–Crippen MR) is 62.5 cm³/mol. The molecule has 84 valence electrons. The van der Waals surface area contributed by atoms with Crippen LogP contribution in [0.4, 0.5) is 0 Å². The van der Waals surface area contributed by atoms with Crippen molar-refractivity contribution in [1.82, 2.24) is 5.32 Å². The number of amidine groups is 1. The lowest BCUT2D eigenvalue weighted by molar-refractivity contribution is 0.334. The molecule has 1 fully saturated rings. The number of nitrogens with one attached hydrogen (secondary N) is 1. The summed E-state index contributed by atoms with van der Waals surface area (Å²) < 4.78 is 0. The van der Waals surface area contributed by atoms with Crippen LogP contribution < -0.4 is 5.32 Å². The van der Waals surface area contributed by atoms with Crippen LogP contribution >= 0.6 is 0 Å². The van der Waals surface area contributed by atoms with Gasteiger partial charge in [0.1, 0.15) is 5.84 Å². The van der Waals surface area contributed by atoms with E-state index < -0.39 is 0 Å². The van der Waals surface area contributed by atoms with E-state index in [1.54, 1.807) is 0 Å². The Balaban J connectivity index is 2.05. The van der Waals surface area contributed by atoms with Gasteiger partial charge in [-0.2, -0.15) is 5.26 Å². The van der Waals surface area contributed by atoms with Crippen LogP contribution in [0.1, 0.15) is 51.9 Å². The Morgan fingerprint density at radius 2 is 2.13 bits per heavy atom. The fourth-order valence-corrected chi connectivity index (χ4v) is 2.22. The molecule has 0 radical (unpaired) electrons. The van der Waals surface area contributed by atoms with Crippen molar-refractivity contribution in [2.75, 3.05) is 6.54 Å². The lowest BCUT2D eigenvalue weighted by Crippen LogP contribution is -2.14. The minimum Gasteiger partial charge on any atom is -0.281 e. The highest BCUT2D eigenvalue weighted by molar-refractivity contribution is 5.80. The second-order valence-electron chi connectivity index (χ2n) is 4.35. The maximum Gasteiger partial charge on any atom is 0.182 e. The van der Waals surface area contributed by atoms with Crippen molar-refractivity contribution in [3.05, 3.63) is 0 Å². The van der Waals surface area contributed by atoms with Crippen LogP contribution in [0.2, 0.25) is 0 Å². The highest BCUT2D eigenvalue weighted by Gasteiger charge is 2.12. The summed E-state index contributed by atoms with van der Waals surface area (Å²) in [5, 5.41) is 10.9. The topological polar surface area (TPSA) is 48.2 Å². The molecule has 0 heterocycles. The average molecular weight is 207 g/mol. The summed E-state index contributed by atoms with van der Waals surface area (Å²) in [7, 11) is 0. The normalized spacial score (nSPS) is 18.5. The molecule has 0 aromatic heterocycles. The smallest absolute Gasteiger partial charge is 0.182 e. The van der Waals surface area contributed by atoms with Gasteiger partial charge in [0.2, 0.25) is 0 Å². The summed E-state index contributed by atoms with van der Waals surface area (Å²) in [5.74, 6) is 1.68. The molecule has 1 saturated carbocycles. The third-order valence-corrected chi connectivity index (χ3v) is 3.08. The minimum atomic E-state index is 0.737. The van der Waals surface area contributed by atoms with Crippen molar-refractivity contribution in [2.45, 2.75) is 51.9 Å². The minimum absolute atomic E-state index is 0.737. The monoisotopic (exact) mass is 207 g/mol. The molecule has 3 heteroatoms. The van der Waals surface area contributed by atoms with Crippen LogP contribution in [0.3, 0.4) is 0 Å². The van der Waals surface area contributed by atoms with E-state index in [9.17, 15) is 0 Å².